The quantitative estimate of drug-likeness (QED) is 0.0315. The van der Waals surface area contributed by atoms with Crippen molar-refractivity contribution in [2.45, 2.75) is 114 Å². The van der Waals surface area contributed by atoms with Crippen molar-refractivity contribution in [1.29, 1.82) is 0 Å². The number of amides is 6. The molecule has 24 nitrogen and oxygen atoms in total. The van der Waals surface area contributed by atoms with Gasteiger partial charge in [0.1, 0.15) is 36.3 Å². The topological polar surface area (TPSA) is 393 Å². The predicted octanol–water partition coefficient (Wildman–Crippen LogP) is -0.513. The molecule has 0 fully saturated rings. The smallest absolute Gasteiger partial charge is 0.326 e. The van der Waals surface area contributed by atoms with Crippen LogP contribution in [0.2, 0.25) is 0 Å². The van der Waals surface area contributed by atoms with Gasteiger partial charge in [0.25, 0.3) is 0 Å². The van der Waals surface area contributed by atoms with E-state index in [0.717, 1.165) is 0 Å². The molecule has 0 radical (unpaired) electrons. The average Bonchev–Trinajstić information content (AvgIpc) is 4.09. The third-order valence-electron chi connectivity index (χ3n) is 11.6. The Morgan fingerprint density at radius 2 is 1.00 bits per heavy atom. The van der Waals surface area contributed by atoms with Gasteiger partial charge in [-0.2, -0.15) is 0 Å². The molecule has 24 heteroatoms. The molecule has 0 aliphatic carbocycles. The third-order valence-corrected chi connectivity index (χ3v) is 11.6. The summed E-state index contributed by atoms with van der Waals surface area (Å²) in [4.78, 5) is 132. The Kier molecular flexibility index (Phi) is 18.9. The number of aromatic nitrogens is 4. The van der Waals surface area contributed by atoms with E-state index < -0.39 is 133 Å². The number of H-pyrrole nitrogens is 3. The maximum absolute atomic E-state index is 14.5. The van der Waals surface area contributed by atoms with Crippen molar-refractivity contribution < 1.29 is 63.6 Å². The lowest BCUT2D eigenvalue weighted by Crippen LogP contribution is -2.62. The van der Waals surface area contributed by atoms with Crippen LogP contribution in [0.1, 0.15) is 63.3 Å². The third kappa shape index (κ3) is 15.2. The molecule has 6 amide bonds. The van der Waals surface area contributed by atoms with E-state index in [1.165, 1.54) is 19.4 Å². The van der Waals surface area contributed by atoms with Crippen LogP contribution in [0.3, 0.4) is 0 Å². The minimum atomic E-state index is -1.80. The van der Waals surface area contributed by atoms with Gasteiger partial charge in [-0.25, -0.2) is 9.78 Å². The van der Waals surface area contributed by atoms with E-state index >= 15 is 0 Å². The van der Waals surface area contributed by atoms with Crippen LogP contribution < -0.4 is 37.6 Å². The number of carboxylic acid groups (broad SMARTS) is 3. The van der Waals surface area contributed by atoms with Gasteiger partial charge in [-0.05, 0) is 48.9 Å². The number of aromatic amines is 3. The molecule has 5 aromatic rings. The highest BCUT2D eigenvalue weighted by atomic mass is 16.4. The number of carboxylic acids is 3. The van der Waals surface area contributed by atoms with Crippen LogP contribution >= 0.6 is 0 Å². The lowest BCUT2D eigenvalue weighted by molar-refractivity contribution is -0.143. The van der Waals surface area contributed by atoms with Crippen LogP contribution in [0, 0.1) is 5.92 Å². The van der Waals surface area contributed by atoms with Crippen molar-refractivity contribution in [2.75, 3.05) is 0 Å². The molecule has 8 atom stereocenters. The fraction of sp³-hybridized carbons (Fsp3) is 0.404. The summed E-state index contributed by atoms with van der Waals surface area (Å²) in [5, 5.41) is 56.0. The zero-order valence-corrected chi connectivity index (χ0v) is 39.1. The molecule has 0 aliphatic heterocycles. The molecule has 380 valence electrons. The summed E-state index contributed by atoms with van der Waals surface area (Å²) in [5.41, 5.74) is 8.97. The number of nitrogens with one attached hydrogen (secondary N) is 9. The first kappa shape index (κ1) is 53.8. The second kappa shape index (κ2) is 24.9. The first-order chi connectivity index (χ1) is 33.7. The zero-order chi connectivity index (χ0) is 51.9. The Morgan fingerprint density at radius 1 is 0.563 bits per heavy atom. The number of para-hydroxylation sites is 2. The van der Waals surface area contributed by atoms with Crippen LogP contribution in [0.4, 0.5) is 0 Å². The van der Waals surface area contributed by atoms with E-state index in [4.69, 9.17) is 5.73 Å². The minimum absolute atomic E-state index is 0.0351. The maximum atomic E-state index is 14.5. The molecular formula is C47H59N11O13. The van der Waals surface area contributed by atoms with Crippen molar-refractivity contribution in [3.8, 4) is 0 Å². The number of fused-ring (bicyclic) bond motifs is 2. The van der Waals surface area contributed by atoms with Gasteiger partial charge in [-0.1, -0.05) is 50.2 Å². The second-order valence-corrected chi connectivity index (χ2v) is 17.4. The lowest BCUT2D eigenvalue weighted by atomic mass is 10.0. The molecule has 71 heavy (non-hydrogen) atoms. The summed E-state index contributed by atoms with van der Waals surface area (Å²) in [6.07, 6.45) is 1.56. The molecule has 15 N–H and O–H groups in total. The largest absolute Gasteiger partial charge is 0.481 e. The number of nitrogens with two attached hydrogens (primary N) is 1. The monoisotopic (exact) mass is 985 g/mol. The Balaban J connectivity index is 1.42. The van der Waals surface area contributed by atoms with Gasteiger partial charge in [0.05, 0.1) is 18.5 Å². The number of aliphatic hydroxyl groups excluding tert-OH is 1. The SMILES string of the molecule is CC(C)[C@H](NC(=O)[C@H](Cc1c[nH]c2ccccc12)NC(=O)[C@@H](NC(=O)[C@H](Cc1c[nH]c2ccccc12)NC(=O)[C@H](CCC(=O)O)NC(=O)[C@H](CCC(=O)O)NC(=O)[C@@H](N)Cc1cnc[nH]1)[C@@H](C)O)C(=O)O. The standard InChI is InChI=1S/C47H59N11O13/c1-23(2)39(47(70)71)57-44(67)36(17-26-20-51-32-11-7-5-9-29(26)32)56-46(69)40(24(3)59)58-45(68)35(16-25-19-50-31-10-6-4-8-28(25)31)55-43(66)34(13-15-38(62)63)54-42(65)33(12-14-37(60)61)53-41(64)30(48)18-27-21-49-22-52-27/h4-11,19-24,30,33-36,39-40,50-51,59H,12-18,48H2,1-3H3,(H,49,52)(H,53,64)(H,54,65)(H,55,66)(H,56,69)(H,57,67)(H,58,68)(H,60,61)(H,62,63)(H,70,71)/t24-,30+,33+,34+,35+,36+,39+,40+/m1/s1. The van der Waals surface area contributed by atoms with Crippen LogP contribution in [0.25, 0.3) is 21.8 Å². The number of hydrogen-bond donors (Lipinski definition) is 14. The highest BCUT2D eigenvalue weighted by Crippen LogP contribution is 2.21. The molecule has 0 unspecified atom stereocenters. The number of carbonyl (C=O) groups is 9. The molecule has 5 rings (SSSR count). The van der Waals surface area contributed by atoms with Gasteiger partial charge in [0.2, 0.25) is 35.4 Å². The Bertz CT molecular complexity index is 2700. The van der Waals surface area contributed by atoms with E-state index in [1.54, 1.807) is 74.8 Å². The van der Waals surface area contributed by atoms with E-state index in [9.17, 15) is 63.6 Å². The fourth-order valence-corrected chi connectivity index (χ4v) is 7.77. The molecular weight excluding hydrogens is 927 g/mol. The summed E-state index contributed by atoms with van der Waals surface area (Å²) < 4.78 is 0. The molecule has 0 aliphatic rings. The number of carbonyl (C=O) groups excluding carboxylic acids is 6. The van der Waals surface area contributed by atoms with Crippen molar-refractivity contribution >= 4 is 75.2 Å². The van der Waals surface area contributed by atoms with Gasteiger partial charge < -0.3 is 73.0 Å². The van der Waals surface area contributed by atoms with Crippen LogP contribution in [0.15, 0.2) is 73.4 Å². The fourth-order valence-electron chi connectivity index (χ4n) is 7.77. The molecule has 0 bridgehead atoms. The van der Waals surface area contributed by atoms with E-state index in [-0.39, 0.29) is 19.3 Å². The van der Waals surface area contributed by atoms with E-state index in [0.29, 0.717) is 38.6 Å². The van der Waals surface area contributed by atoms with Gasteiger partial charge in [-0.15, -0.1) is 0 Å². The highest BCUT2D eigenvalue weighted by Gasteiger charge is 2.36. The lowest BCUT2D eigenvalue weighted by Gasteiger charge is -2.28. The van der Waals surface area contributed by atoms with Gasteiger partial charge in [-0.3, -0.25) is 38.4 Å². The van der Waals surface area contributed by atoms with Gasteiger partial charge in [0.15, 0.2) is 0 Å². The number of nitrogens with zero attached hydrogens (tertiary/aromatic N) is 1. The molecule has 3 heterocycles. The number of imidazole rings is 1. The minimum Gasteiger partial charge on any atom is -0.481 e. The average molecular weight is 986 g/mol. The first-order valence-electron chi connectivity index (χ1n) is 22.7. The van der Waals surface area contributed by atoms with Crippen molar-refractivity contribution in [1.82, 2.24) is 51.8 Å². The van der Waals surface area contributed by atoms with Crippen LogP contribution in [-0.2, 0) is 62.4 Å². The van der Waals surface area contributed by atoms with Gasteiger partial charge in [0, 0.05) is 78.2 Å². The molecule has 0 spiro atoms. The molecule has 0 saturated carbocycles. The van der Waals surface area contributed by atoms with Crippen LogP contribution in [0.5, 0.6) is 0 Å². The number of hydrogen-bond acceptors (Lipinski definition) is 12. The molecule has 3 aromatic heterocycles. The first-order valence-corrected chi connectivity index (χ1v) is 22.7. The summed E-state index contributed by atoms with van der Waals surface area (Å²) in [6, 6.07) is 3.37. The van der Waals surface area contributed by atoms with Crippen molar-refractivity contribution in [3.05, 3.63) is 90.3 Å². The number of aliphatic hydroxyl groups is 1. The Hall–Kier alpha value is -8.12. The summed E-state index contributed by atoms with van der Waals surface area (Å²) in [5.74, 6) is -10.6. The van der Waals surface area contributed by atoms with Gasteiger partial charge >= 0.3 is 17.9 Å². The van der Waals surface area contributed by atoms with E-state index in [2.05, 4.69) is 51.8 Å². The van der Waals surface area contributed by atoms with Crippen molar-refractivity contribution in [2.24, 2.45) is 11.7 Å². The highest BCUT2D eigenvalue weighted by molar-refractivity contribution is 5.98. The predicted molar refractivity (Wildman–Crippen MR) is 254 cm³/mol. The summed E-state index contributed by atoms with van der Waals surface area (Å²) >= 11 is 0. The van der Waals surface area contributed by atoms with Crippen LogP contribution in [-0.4, -0.2) is 142 Å². The van der Waals surface area contributed by atoms with Crippen molar-refractivity contribution in [3.63, 3.8) is 0 Å². The molecule has 0 saturated heterocycles. The summed E-state index contributed by atoms with van der Waals surface area (Å²) in [6.45, 7) is 4.36. The normalized spacial score (nSPS) is 14.7. The number of rotatable bonds is 27. The Labute approximate surface area is 405 Å². The zero-order valence-electron chi connectivity index (χ0n) is 39.1. The molecule has 2 aromatic carbocycles. The second-order valence-electron chi connectivity index (χ2n) is 17.4. The summed E-state index contributed by atoms with van der Waals surface area (Å²) in [7, 11) is 0. The Morgan fingerprint density at radius 3 is 1.44 bits per heavy atom. The number of benzene rings is 2. The van der Waals surface area contributed by atoms with E-state index in [1.807, 2.05) is 0 Å². The number of aliphatic carboxylic acids is 3. The maximum Gasteiger partial charge on any atom is 0.326 e.